The Labute approximate surface area is 196 Å². The number of esters is 2. The molecule has 0 amide bonds. The molecule has 1 atom stereocenters. The Bertz CT molecular complexity index is 678. The minimum Gasteiger partial charge on any atom is -0.422 e. The first-order chi connectivity index (χ1) is 15.3. The monoisotopic (exact) mass is 446 g/mol. The molecule has 0 saturated carbocycles. The number of unbranched alkanes of at least 4 members (excludes halogenated alkanes) is 4. The maximum Gasteiger partial charge on any atom is 0.313 e. The number of benzene rings is 1. The Morgan fingerprint density at radius 1 is 0.750 bits per heavy atom. The van der Waals surface area contributed by atoms with Crippen LogP contribution >= 0.6 is 0 Å². The van der Waals surface area contributed by atoms with Gasteiger partial charge in [0.05, 0.1) is 11.8 Å². The van der Waals surface area contributed by atoms with Crippen LogP contribution in [-0.2, 0) is 16.0 Å². The molecule has 4 nitrogen and oxygen atoms in total. The number of aryl methyl sites for hydroxylation is 1. The minimum absolute atomic E-state index is 0.251. The van der Waals surface area contributed by atoms with Crippen LogP contribution in [0.3, 0.4) is 0 Å². The lowest BCUT2D eigenvalue weighted by atomic mass is 9.89. The summed E-state index contributed by atoms with van der Waals surface area (Å²) < 4.78 is 11.3. The fraction of sp³-hybridized carbons (Fsp3) is 0.714. The molecule has 0 saturated heterocycles. The van der Waals surface area contributed by atoms with Gasteiger partial charge in [0.25, 0.3) is 0 Å². The van der Waals surface area contributed by atoms with E-state index in [1.54, 1.807) is 19.9 Å². The number of carbonyl (C=O) groups is 2. The molecule has 0 spiro atoms. The lowest BCUT2D eigenvalue weighted by molar-refractivity contribution is -0.140. The first-order valence-corrected chi connectivity index (χ1v) is 12.8. The molecule has 0 aliphatic heterocycles. The van der Waals surface area contributed by atoms with Gasteiger partial charge < -0.3 is 9.47 Å². The molecule has 1 unspecified atom stereocenters. The topological polar surface area (TPSA) is 52.6 Å². The van der Waals surface area contributed by atoms with Gasteiger partial charge in [0.2, 0.25) is 0 Å². The van der Waals surface area contributed by atoms with Crippen molar-refractivity contribution in [3.05, 3.63) is 23.8 Å². The first kappa shape index (κ1) is 28.2. The van der Waals surface area contributed by atoms with Gasteiger partial charge in [-0.05, 0) is 30.4 Å². The predicted octanol–water partition coefficient (Wildman–Crippen LogP) is 7.91. The van der Waals surface area contributed by atoms with Crippen molar-refractivity contribution in [2.24, 2.45) is 17.8 Å². The molecule has 182 valence electrons. The molecule has 0 heterocycles. The Kier molecular flexibility index (Phi) is 14.0. The van der Waals surface area contributed by atoms with Crippen LogP contribution in [0.1, 0.15) is 111 Å². The van der Waals surface area contributed by atoms with Crippen molar-refractivity contribution in [2.75, 3.05) is 0 Å². The van der Waals surface area contributed by atoms with Crippen LogP contribution in [0.2, 0.25) is 0 Å². The zero-order valence-corrected chi connectivity index (χ0v) is 21.4. The van der Waals surface area contributed by atoms with E-state index < -0.39 is 0 Å². The molecule has 1 rings (SSSR count). The third-order valence-electron chi connectivity index (χ3n) is 5.91. The fourth-order valence-electron chi connectivity index (χ4n) is 3.77. The van der Waals surface area contributed by atoms with Crippen LogP contribution in [-0.4, -0.2) is 11.9 Å². The zero-order chi connectivity index (χ0) is 23.9. The number of carbonyl (C=O) groups excluding carboxylic acids is 2. The molecule has 0 aromatic heterocycles. The lowest BCUT2D eigenvalue weighted by Crippen LogP contribution is -2.19. The molecule has 1 aromatic rings. The van der Waals surface area contributed by atoms with Gasteiger partial charge in [-0.25, -0.2) is 0 Å². The molecule has 0 fully saturated rings. The number of hydrogen-bond donors (Lipinski definition) is 0. The third kappa shape index (κ3) is 10.7. The van der Waals surface area contributed by atoms with E-state index in [1.807, 2.05) is 26.0 Å². The number of para-hydroxylation sites is 1. The van der Waals surface area contributed by atoms with Crippen molar-refractivity contribution in [1.82, 2.24) is 0 Å². The van der Waals surface area contributed by atoms with E-state index in [1.165, 1.54) is 57.8 Å². The molecule has 0 bridgehead atoms. The molecule has 1 aromatic carbocycles. The van der Waals surface area contributed by atoms with E-state index in [4.69, 9.17) is 9.47 Å². The largest absolute Gasteiger partial charge is 0.422 e. The predicted molar refractivity (Wildman–Crippen MR) is 132 cm³/mol. The van der Waals surface area contributed by atoms with E-state index in [2.05, 4.69) is 13.8 Å². The smallest absolute Gasteiger partial charge is 0.313 e. The van der Waals surface area contributed by atoms with Crippen molar-refractivity contribution in [3.63, 3.8) is 0 Å². The number of hydrogen-bond acceptors (Lipinski definition) is 4. The van der Waals surface area contributed by atoms with Crippen LogP contribution in [0.4, 0.5) is 0 Å². The minimum atomic E-state index is -0.323. The maximum absolute atomic E-state index is 12.3. The Hall–Kier alpha value is -1.84. The van der Waals surface area contributed by atoms with Gasteiger partial charge in [-0.1, -0.05) is 111 Å². The highest BCUT2D eigenvalue weighted by molar-refractivity contribution is 5.78. The van der Waals surface area contributed by atoms with Crippen molar-refractivity contribution in [2.45, 2.75) is 112 Å². The molecular formula is C28H46O4. The third-order valence-corrected chi connectivity index (χ3v) is 5.91. The van der Waals surface area contributed by atoms with Crippen molar-refractivity contribution in [1.29, 1.82) is 0 Å². The van der Waals surface area contributed by atoms with Crippen molar-refractivity contribution >= 4 is 11.9 Å². The fourth-order valence-corrected chi connectivity index (χ4v) is 3.77. The highest BCUT2D eigenvalue weighted by atomic mass is 16.6. The Morgan fingerprint density at radius 3 is 1.97 bits per heavy atom. The van der Waals surface area contributed by atoms with Crippen LogP contribution in [0.15, 0.2) is 18.2 Å². The summed E-state index contributed by atoms with van der Waals surface area (Å²) in [6, 6.07) is 5.58. The maximum atomic E-state index is 12.3. The summed E-state index contributed by atoms with van der Waals surface area (Å²) in [4.78, 5) is 24.5. The van der Waals surface area contributed by atoms with E-state index >= 15 is 0 Å². The second-order valence-electron chi connectivity index (χ2n) is 9.65. The molecule has 32 heavy (non-hydrogen) atoms. The van der Waals surface area contributed by atoms with Gasteiger partial charge in [-0.15, -0.1) is 0 Å². The Balaban J connectivity index is 2.89. The summed E-state index contributed by atoms with van der Waals surface area (Å²) in [7, 11) is 0. The number of ether oxygens (including phenoxy) is 2. The highest BCUT2D eigenvalue weighted by Crippen LogP contribution is 2.34. The molecule has 4 heteroatoms. The van der Waals surface area contributed by atoms with Gasteiger partial charge in [0.15, 0.2) is 11.5 Å². The standard InChI is InChI=1S/C28H46O4/c1-7-9-11-12-16-23(15-10-8-2)17-13-18-24-19-14-20-25(31-27(29)21(3)4)26(24)32-28(30)22(5)6/h14,19-23H,7-13,15-18H2,1-6H3. The first-order valence-electron chi connectivity index (χ1n) is 12.8. The average molecular weight is 447 g/mol. The van der Waals surface area contributed by atoms with E-state index in [-0.39, 0.29) is 23.8 Å². The average Bonchev–Trinajstić information content (AvgIpc) is 2.75. The van der Waals surface area contributed by atoms with Crippen LogP contribution in [0.5, 0.6) is 11.5 Å². The summed E-state index contributed by atoms with van der Waals surface area (Å²) in [5, 5.41) is 0. The van der Waals surface area contributed by atoms with Crippen LogP contribution in [0.25, 0.3) is 0 Å². The second kappa shape index (κ2) is 15.9. The van der Waals surface area contributed by atoms with Crippen LogP contribution < -0.4 is 9.47 Å². The molecule has 0 radical (unpaired) electrons. The molecule has 0 aliphatic rings. The second-order valence-corrected chi connectivity index (χ2v) is 9.65. The van der Waals surface area contributed by atoms with Gasteiger partial charge >= 0.3 is 11.9 Å². The van der Waals surface area contributed by atoms with Crippen LogP contribution in [0, 0.1) is 17.8 Å². The Morgan fingerprint density at radius 2 is 1.34 bits per heavy atom. The molecular weight excluding hydrogens is 400 g/mol. The zero-order valence-electron chi connectivity index (χ0n) is 21.4. The van der Waals surface area contributed by atoms with Gasteiger partial charge in [-0.2, -0.15) is 0 Å². The molecule has 0 N–H and O–H groups in total. The summed E-state index contributed by atoms with van der Waals surface area (Å²) in [5.41, 5.74) is 0.938. The summed E-state index contributed by atoms with van der Waals surface area (Å²) in [6.45, 7) is 11.7. The number of rotatable bonds is 16. The van der Waals surface area contributed by atoms with Crippen molar-refractivity contribution in [3.8, 4) is 11.5 Å². The summed E-state index contributed by atoms with van der Waals surface area (Å²) >= 11 is 0. The SMILES string of the molecule is CCCCCCC(CCCC)CCCc1cccc(OC(=O)C(C)C)c1OC(=O)C(C)C. The van der Waals surface area contributed by atoms with E-state index in [0.29, 0.717) is 11.5 Å². The summed E-state index contributed by atoms with van der Waals surface area (Å²) in [5.74, 6) is 0.380. The van der Waals surface area contributed by atoms with Gasteiger partial charge in [-0.3, -0.25) is 9.59 Å². The van der Waals surface area contributed by atoms with Crippen molar-refractivity contribution < 1.29 is 19.1 Å². The highest BCUT2D eigenvalue weighted by Gasteiger charge is 2.21. The van der Waals surface area contributed by atoms with E-state index in [9.17, 15) is 9.59 Å². The quantitative estimate of drug-likeness (QED) is 0.147. The van der Waals surface area contributed by atoms with E-state index in [0.717, 1.165) is 24.3 Å². The summed E-state index contributed by atoms with van der Waals surface area (Å²) in [6.07, 6.45) is 13.4. The lowest BCUT2D eigenvalue weighted by Gasteiger charge is -2.18. The van der Waals surface area contributed by atoms with Gasteiger partial charge in [0.1, 0.15) is 0 Å². The van der Waals surface area contributed by atoms with Gasteiger partial charge in [0, 0.05) is 0 Å². The normalized spacial score (nSPS) is 12.2. The molecule has 0 aliphatic carbocycles.